The first kappa shape index (κ1) is 14.4. The molecular weight excluding hydrogens is 246 g/mol. The van der Waals surface area contributed by atoms with Crippen LogP contribution in [0.4, 0.5) is 8.78 Å². The van der Waals surface area contributed by atoms with Crippen molar-refractivity contribution < 1.29 is 8.78 Å². The Balaban J connectivity index is 2.50. The van der Waals surface area contributed by atoms with E-state index in [1.165, 1.54) is 12.1 Å². The van der Waals surface area contributed by atoms with E-state index in [1.807, 2.05) is 0 Å². The Labute approximate surface area is 113 Å². The molecule has 106 valence electrons. The number of benzene rings is 1. The van der Waals surface area contributed by atoms with E-state index in [0.717, 1.165) is 32.1 Å². The van der Waals surface area contributed by atoms with E-state index in [4.69, 9.17) is 5.84 Å². The first-order valence-corrected chi connectivity index (χ1v) is 6.96. The molecule has 0 bridgehead atoms. The molecule has 1 aromatic carbocycles. The molecule has 0 aromatic heterocycles. The second-order valence-electron chi connectivity index (χ2n) is 5.61. The van der Waals surface area contributed by atoms with Gasteiger partial charge in [0, 0.05) is 5.56 Å². The smallest absolute Gasteiger partial charge is 0.133 e. The van der Waals surface area contributed by atoms with Crippen LogP contribution in [-0.2, 0) is 0 Å². The fourth-order valence-corrected chi connectivity index (χ4v) is 3.43. The van der Waals surface area contributed by atoms with Gasteiger partial charge in [0.1, 0.15) is 11.6 Å². The van der Waals surface area contributed by atoms with E-state index < -0.39 is 17.7 Å². The van der Waals surface area contributed by atoms with Gasteiger partial charge < -0.3 is 0 Å². The Bertz CT molecular complexity index is 454. The van der Waals surface area contributed by atoms with Crippen molar-refractivity contribution in [3.05, 3.63) is 34.9 Å². The van der Waals surface area contributed by atoms with Gasteiger partial charge in [0.2, 0.25) is 0 Å². The van der Waals surface area contributed by atoms with Crippen molar-refractivity contribution in [3.63, 3.8) is 0 Å². The first-order valence-electron chi connectivity index (χ1n) is 6.96. The summed E-state index contributed by atoms with van der Waals surface area (Å²) in [5.74, 6) is 4.67. The minimum Gasteiger partial charge on any atom is -0.271 e. The highest BCUT2D eigenvalue weighted by Crippen LogP contribution is 2.50. The summed E-state index contributed by atoms with van der Waals surface area (Å²) in [6.07, 6.45) is 4.99. The molecule has 2 rings (SSSR count). The van der Waals surface area contributed by atoms with Crippen LogP contribution in [-0.4, -0.2) is 0 Å². The van der Waals surface area contributed by atoms with Crippen LogP contribution >= 0.6 is 0 Å². The molecule has 0 saturated heterocycles. The van der Waals surface area contributed by atoms with Gasteiger partial charge in [0.25, 0.3) is 0 Å². The molecule has 1 atom stereocenters. The number of hydrazine groups is 1. The fraction of sp³-hybridized carbons (Fsp3) is 0.600. The fourth-order valence-electron chi connectivity index (χ4n) is 3.43. The summed E-state index contributed by atoms with van der Waals surface area (Å²) in [6.45, 7) is 3.72. The highest BCUT2D eigenvalue weighted by Gasteiger charge is 2.42. The van der Waals surface area contributed by atoms with E-state index in [0.29, 0.717) is 5.56 Å². The molecule has 3 N–H and O–H groups in total. The van der Waals surface area contributed by atoms with E-state index in [1.54, 1.807) is 6.92 Å². The summed E-state index contributed by atoms with van der Waals surface area (Å²) >= 11 is 0. The average molecular weight is 268 g/mol. The zero-order valence-corrected chi connectivity index (χ0v) is 11.6. The maximum atomic E-state index is 14.3. The molecule has 0 spiro atoms. The molecule has 1 unspecified atom stereocenters. The summed E-state index contributed by atoms with van der Waals surface area (Å²) in [5, 5.41) is 0. The summed E-state index contributed by atoms with van der Waals surface area (Å²) in [4.78, 5) is 0. The van der Waals surface area contributed by atoms with Crippen LogP contribution in [0.3, 0.4) is 0 Å². The number of nitrogens with one attached hydrogen (secondary N) is 1. The van der Waals surface area contributed by atoms with Crippen molar-refractivity contribution in [2.75, 3.05) is 0 Å². The van der Waals surface area contributed by atoms with Gasteiger partial charge in [-0.05, 0) is 43.2 Å². The highest BCUT2D eigenvalue weighted by molar-refractivity contribution is 5.31. The number of aryl methyl sites for hydroxylation is 1. The largest absolute Gasteiger partial charge is 0.271 e. The lowest BCUT2D eigenvalue weighted by Gasteiger charge is -2.37. The van der Waals surface area contributed by atoms with Crippen LogP contribution < -0.4 is 11.3 Å². The minimum absolute atomic E-state index is 0.103. The van der Waals surface area contributed by atoms with E-state index in [-0.39, 0.29) is 11.0 Å². The van der Waals surface area contributed by atoms with Gasteiger partial charge in [-0.3, -0.25) is 11.3 Å². The van der Waals surface area contributed by atoms with Crippen molar-refractivity contribution in [2.24, 2.45) is 11.3 Å². The van der Waals surface area contributed by atoms with Crippen LogP contribution in [0.15, 0.2) is 12.1 Å². The van der Waals surface area contributed by atoms with Crippen LogP contribution in [0.5, 0.6) is 0 Å². The van der Waals surface area contributed by atoms with Crippen LogP contribution in [0.25, 0.3) is 0 Å². The first-order chi connectivity index (χ1) is 9.05. The Hall–Kier alpha value is -1.00. The molecule has 0 aliphatic heterocycles. The Kier molecular flexibility index (Phi) is 4.21. The number of hydrogen-bond donors (Lipinski definition) is 2. The molecular formula is C15H22F2N2. The zero-order valence-electron chi connectivity index (χ0n) is 11.6. The second-order valence-corrected chi connectivity index (χ2v) is 5.61. The third kappa shape index (κ3) is 2.39. The standard InChI is InChI=1S/C15H22F2N2/c1-3-15(8-4-5-9-15)14(19-18)12-11(16)7-6-10(2)13(12)17/h6-7,14,19H,3-5,8-9,18H2,1-2H3. The van der Waals surface area contributed by atoms with Gasteiger partial charge in [0.05, 0.1) is 6.04 Å². The van der Waals surface area contributed by atoms with E-state index in [2.05, 4.69) is 12.3 Å². The Morgan fingerprint density at radius 2 is 1.95 bits per heavy atom. The van der Waals surface area contributed by atoms with Crippen LogP contribution in [0.1, 0.15) is 56.2 Å². The van der Waals surface area contributed by atoms with Crippen molar-refractivity contribution in [3.8, 4) is 0 Å². The maximum absolute atomic E-state index is 14.3. The predicted molar refractivity (Wildman–Crippen MR) is 72.4 cm³/mol. The molecule has 1 saturated carbocycles. The second kappa shape index (κ2) is 5.55. The van der Waals surface area contributed by atoms with Gasteiger partial charge in [0.15, 0.2) is 0 Å². The molecule has 0 amide bonds. The summed E-state index contributed by atoms with van der Waals surface area (Å²) in [7, 11) is 0. The lowest BCUT2D eigenvalue weighted by molar-refractivity contribution is 0.180. The predicted octanol–water partition coefficient (Wildman–Crippen LogP) is 3.75. The van der Waals surface area contributed by atoms with Crippen molar-refractivity contribution in [1.29, 1.82) is 0 Å². The van der Waals surface area contributed by atoms with Gasteiger partial charge in [-0.1, -0.05) is 25.8 Å². The van der Waals surface area contributed by atoms with Gasteiger partial charge in [-0.15, -0.1) is 0 Å². The third-order valence-corrected chi connectivity index (χ3v) is 4.69. The zero-order chi connectivity index (χ0) is 14.0. The number of rotatable bonds is 4. The monoisotopic (exact) mass is 268 g/mol. The number of hydrogen-bond acceptors (Lipinski definition) is 2. The average Bonchev–Trinajstić information content (AvgIpc) is 2.89. The Morgan fingerprint density at radius 1 is 1.32 bits per heavy atom. The topological polar surface area (TPSA) is 38.0 Å². The van der Waals surface area contributed by atoms with Crippen molar-refractivity contribution in [2.45, 2.75) is 52.0 Å². The van der Waals surface area contributed by atoms with E-state index in [9.17, 15) is 8.78 Å². The van der Waals surface area contributed by atoms with Crippen LogP contribution in [0, 0.1) is 24.0 Å². The number of nitrogens with two attached hydrogens (primary N) is 1. The molecule has 4 heteroatoms. The molecule has 2 nitrogen and oxygen atoms in total. The van der Waals surface area contributed by atoms with Gasteiger partial charge >= 0.3 is 0 Å². The lowest BCUT2D eigenvalue weighted by Crippen LogP contribution is -2.41. The van der Waals surface area contributed by atoms with E-state index >= 15 is 0 Å². The summed E-state index contributed by atoms with van der Waals surface area (Å²) in [6, 6.07) is 2.34. The molecule has 19 heavy (non-hydrogen) atoms. The van der Waals surface area contributed by atoms with Crippen molar-refractivity contribution >= 4 is 0 Å². The van der Waals surface area contributed by atoms with Gasteiger partial charge in [-0.25, -0.2) is 8.78 Å². The highest BCUT2D eigenvalue weighted by atomic mass is 19.1. The maximum Gasteiger partial charge on any atom is 0.133 e. The summed E-state index contributed by atoms with van der Waals surface area (Å²) < 4.78 is 28.4. The third-order valence-electron chi connectivity index (χ3n) is 4.69. The normalized spacial score (nSPS) is 19.6. The van der Waals surface area contributed by atoms with Crippen LogP contribution in [0.2, 0.25) is 0 Å². The molecule has 0 radical (unpaired) electrons. The SMILES string of the molecule is CCC1(C(NN)c2c(F)ccc(C)c2F)CCCC1. The number of halogens is 2. The lowest BCUT2D eigenvalue weighted by atomic mass is 9.73. The molecule has 1 aliphatic rings. The Morgan fingerprint density at radius 3 is 2.47 bits per heavy atom. The summed E-state index contributed by atoms with van der Waals surface area (Å²) in [5.41, 5.74) is 3.11. The van der Waals surface area contributed by atoms with Gasteiger partial charge in [-0.2, -0.15) is 0 Å². The van der Waals surface area contributed by atoms with Crippen molar-refractivity contribution in [1.82, 2.24) is 5.43 Å². The molecule has 1 aromatic rings. The molecule has 1 fully saturated rings. The molecule has 1 aliphatic carbocycles. The minimum atomic E-state index is -0.509. The quantitative estimate of drug-likeness (QED) is 0.644. The molecule has 0 heterocycles.